The average molecular weight is 615 g/mol. The molecule has 0 radical (unpaired) electrons. The van der Waals surface area contributed by atoms with E-state index in [0.717, 1.165) is 17.8 Å². The largest absolute Gasteiger partial charge is 0.310 e. The van der Waals surface area contributed by atoms with Crippen LogP contribution in [-0.4, -0.2) is 0 Å². The van der Waals surface area contributed by atoms with Gasteiger partial charge in [0, 0.05) is 34.1 Å². The Morgan fingerprint density at radius 2 is 0.511 bits per heavy atom. The first-order chi connectivity index (χ1) is 22.6. The molecule has 6 aromatic rings. The Bertz CT molecular complexity index is 1780. The van der Waals surface area contributed by atoms with Crippen molar-refractivity contribution < 1.29 is 0 Å². The van der Waals surface area contributed by atoms with Crippen LogP contribution < -0.4 is 9.80 Å². The normalized spacial score (nSPS) is 11.1. The summed E-state index contributed by atoms with van der Waals surface area (Å²) in [7, 11) is 0. The van der Waals surface area contributed by atoms with Crippen LogP contribution in [0.2, 0.25) is 0 Å². The molecule has 2 nitrogen and oxygen atoms in total. The van der Waals surface area contributed by atoms with Crippen molar-refractivity contribution in [2.24, 2.45) is 0 Å². The Morgan fingerprint density at radius 1 is 0.277 bits per heavy atom. The van der Waals surface area contributed by atoms with Crippen molar-refractivity contribution in [3.8, 4) is 0 Å². The molecule has 0 unspecified atom stereocenters. The van der Waals surface area contributed by atoms with Gasteiger partial charge in [-0.3, -0.25) is 0 Å². The molecule has 6 aromatic carbocycles. The zero-order chi connectivity index (χ0) is 33.2. The van der Waals surface area contributed by atoms with Crippen molar-refractivity contribution in [3.63, 3.8) is 0 Å². The maximum atomic E-state index is 2.37. The van der Waals surface area contributed by atoms with Gasteiger partial charge in [0.25, 0.3) is 0 Å². The second-order valence-electron chi connectivity index (χ2n) is 13.3. The molecule has 0 amide bonds. The molecule has 2 heteroatoms. The zero-order valence-electron chi connectivity index (χ0n) is 29.1. The van der Waals surface area contributed by atoms with Gasteiger partial charge in [-0.2, -0.15) is 0 Å². The highest BCUT2D eigenvalue weighted by molar-refractivity contribution is 5.79. The van der Waals surface area contributed by atoms with Crippen LogP contribution in [0.3, 0.4) is 0 Å². The maximum Gasteiger partial charge on any atom is 0.0464 e. The van der Waals surface area contributed by atoms with Crippen LogP contribution in [0.5, 0.6) is 0 Å². The van der Waals surface area contributed by atoms with E-state index < -0.39 is 0 Å². The van der Waals surface area contributed by atoms with E-state index in [1.807, 2.05) is 0 Å². The fraction of sp³-hybridized carbons (Fsp3) is 0.200. The molecule has 0 heterocycles. The van der Waals surface area contributed by atoms with Crippen LogP contribution in [0.25, 0.3) is 0 Å². The van der Waals surface area contributed by atoms with Crippen LogP contribution in [0.4, 0.5) is 34.1 Å². The van der Waals surface area contributed by atoms with Crippen molar-refractivity contribution in [1.29, 1.82) is 0 Å². The van der Waals surface area contributed by atoms with Crippen LogP contribution >= 0.6 is 0 Å². The molecule has 0 aliphatic carbocycles. The van der Waals surface area contributed by atoms with Gasteiger partial charge in [-0.15, -0.1) is 0 Å². The van der Waals surface area contributed by atoms with E-state index in [9.17, 15) is 0 Å². The quantitative estimate of drug-likeness (QED) is 0.168. The molecule has 0 saturated carbocycles. The number of aryl methyl sites for hydroxylation is 8. The summed E-state index contributed by atoms with van der Waals surface area (Å²) in [6, 6.07) is 45.1. The van der Waals surface area contributed by atoms with Crippen molar-refractivity contribution in [1.82, 2.24) is 0 Å². The van der Waals surface area contributed by atoms with Gasteiger partial charge < -0.3 is 9.80 Å². The summed E-state index contributed by atoms with van der Waals surface area (Å²) in [5, 5.41) is 0. The van der Waals surface area contributed by atoms with Gasteiger partial charge in [-0.25, -0.2) is 0 Å². The summed E-state index contributed by atoms with van der Waals surface area (Å²) in [5.74, 6) is 0. The second-order valence-corrected chi connectivity index (χ2v) is 13.3. The predicted molar refractivity (Wildman–Crippen MR) is 203 cm³/mol. The lowest BCUT2D eigenvalue weighted by Crippen LogP contribution is -2.11. The minimum Gasteiger partial charge on any atom is -0.310 e. The van der Waals surface area contributed by atoms with Gasteiger partial charge in [0.2, 0.25) is 0 Å². The third kappa shape index (κ3) is 6.88. The van der Waals surface area contributed by atoms with E-state index in [2.05, 4.69) is 187 Å². The third-order valence-electron chi connectivity index (χ3n) is 9.79. The molecular weight excluding hydrogens is 569 g/mol. The number of hydrogen-bond acceptors (Lipinski definition) is 2. The van der Waals surface area contributed by atoms with E-state index in [-0.39, 0.29) is 0 Å². The maximum absolute atomic E-state index is 2.37. The Morgan fingerprint density at radius 3 is 0.745 bits per heavy atom. The Balaban J connectivity index is 1.28. The number of rotatable bonds is 8. The van der Waals surface area contributed by atoms with E-state index in [1.54, 1.807) is 0 Å². The molecular formula is C45H46N2. The molecule has 0 fully saturated rings. The van der Waals surface area contributed by atoms with Gasteiger partial charge >= 0.3 is 0 Å². The van der Waals surface area contributed by atoms with Gasteiger partial charge in [-0.05, 0) is 190 Å². The fourth-order valence-electron chi connectivity index (χ4n) is 6.11. The smallest absolute Gasteiger partial charge is 0.0464 e. The lowest BCUT2D eigenvalue weighted by atomic mass is 10.0. The first-order valence-corrected chi connectivity index (χ1v) is 16.6. The second kappa shape index (κ2) is 13.3. The first kappa shape index (κ1) is 31.9. The minimum absolute atomic E-state index is 0.876. The van der Waals surface area contributed by atoms with Gasteiger partial charge in [0.1, 0.15) is 0 Å². The Labute approximate surface area is 282 Å². The molecule has 0 aromatic heterocycles. The van der Waals surface area contributed by atoms with E-state index in [1.165, 1.54) is 78.4 Å². The molecule has 0 bridgehead atoms. The van der Waals surface area contributed by atoms with Crippen LogP contribution in [-0.2, 0) is 6.42 Å². The van der Waals surface area contributed by atoms with Crippen molar-refractivity contribution in [3.05, 3.63) is 177 Å². The number of anilines is 6. The zero-order valence-corrected chi connectivity index (χ0v) is 29.1. The van der Waals surface area contributed by atoms with Gasteiger partial charge in [-0.1, -0.05) is 48.5 Å². The topological polar surface area (TPSA) is 6.48 Å². The minimum atomic E-state index is 0.876. The summed E-state index contributed by atoms with van der Waals surface area (Å²) in [4.78, 5) is 4.73. The predicted octanol–water partition coefficient (Wildman–Crippen LogP) is 12.7. The lowest BCUT2D eigenvalue weighted by molar-refractivity contribution is 1.17. The summed E-state index contributed by atoms with van der Waals surface area (Å²) in [6.07, 6.45) is 0.876. The monoisotopic (exact) mass is 614 g/mol. The molecule has 0 saturated heterocycles. The third-order valence-corrected chi connectivity index (χ3v) is 9.79. The van der Waals surface area contributed by atoms with Gasteiger partial charge in [0.15, 0.2) is 0 Å². The average Bonchev–Trinajstić information content (AvgIpc) is 3.06. The molecule has 0 spiro atoms. The van der Waals surface area contributed by atoms with Crippen LogP contribution in [0.15, 0.2) is 121 Å². The fourth-order valence-corrected chi connectivity index (χ4v) is 6.11. The van der Waals surface area contributed by atoms with Crippen molar-refractivity contribution in [2.75, 3.05) is 9.80 Å². The Hall–Kier alpha value is -5.08. The van der Waals surface area contributed by atoms with E-state index in [4.69, 9.17) is 0 Å². The molecule has 47 heavy (non-hydrogen) atoms. The summed E-state index contributed by atoms with van der Waals surface area (Å²) < 4.78 is 0. The van der Waals surface area contributed by atoms with Crippen LogP contribution in [0.1, 0.15) is 55.6 Å². The molecule has 236 valence electrons. The van der Waals surface area contributed by atoms with E-state index in [0.29, 0.717) is 0 Å². The number of benzene rings is 6. The Kier molecular flexibility index (Phi) is 9.05. The van der Waals surface area contributed by atoms with Crippen molar-refractivity contribution >= 4 is 34.1 Å². The van der Waals surface area contributed by atoms with E-state index >= 15 is 0 Å². The number of nitrogens with zero attached hydrogens (tertiary/aromatic N) is 2. The summed E-state index contributed by atoms with van der Waals surface area (Å²) in [6.45, 7) is 17.4. The van der Waals surface area contributed by atoms with Crippen molar-refractivity contribution in [2.45, 2.75) is 61.8 Å². The molecule has 0 aliphatic heterocycles. The SMILES string of the molecule is Cc1ccc(N(c2ccc(Cc3ccc(N(c4ccc(C)c(C)c4)c4ccc(C)c(C)c4)cc3)cc2)c2ccc(C)c(C)c2)cc1C. The van der Waals surface area contributed by atoms with Gasteiger partial charge in [0.05, 0.1) is 0 Å². The lowest BCUT2D eigenvalue weighted by Gasteiger charge is -2.27. The standard InChI is InChI=1S/C45H46N2/c1-30-9-17-42(25-34(30)5)46(43-18-10-31(2)35(6)26-43)40-21-13-38(14-22-40)29-39-15-23-41(24-16-39)47(44-19-11-32(3)36(7)27-44)45-20-12-33(4)37(8)28-45/h9-28H,29H2,1-8H3. The molecule has 0 N–H and O–H groups in total. The summed E-state index contributed by atoms with van der Waals surface area (Å²) >= 11 is 0. The summed E-state index contributed by atoms with van der Waals surface area (Å²) in [5.41, 5.74) is 20.0. The highest BCUT2D eigenvalue weighted by Crippen LogP contribution is 2.38. The molecule has 6 rings (SSSR count). The number of hydrogen-bond donors (Lipinski definition) is 0. The highest BCUT2D eigenvalue weighted by atomic mass is 15.1. The molecule has 0 aliphatic rings. The van der Waals surface area contributed by atoms with Crippen LogP contribution in [0, 0.1) is 55.4 Å². The first-order valence-electron chi connectivity index (χ1n) is 16.6. The molecule has 0 atom stereocenters. The highest BCUT2D eigenvalue weighted by Gasteiger charge is 2.16.